The zero-order chi connectivity index (χ0) is 15.7. The molecule has 1 aromatic rings. The summed E-state index contributed by atoms with van der Waals surface area (Å²) in [7, 11) is 1.37. The first-order valence-corrected chi connectivity index (χ1v) is 7.72. The zero-order valence-corrected chi connectivity index (χ0v) is 13.9. The van der Waals surface area contributed by atoms with Crippen LogP contribution in [0.25, 0.3) is 0 Å². The van der Waals surface area contributed by atoms with Crippen LogP contribution in [0.4, 0.5) is 0 Å². The van der Waals surface area contributed by atoms with Gasteiger partial charge in [-0.25, -0.2) is 0 Å². The number of rotatable bonds is 9. The average Bonchev–Trinajstić information content (AvgIpc) is 2.45. The predicted octanol–water partition coefficient (Wildman–Crippen LogP) is 3.83. The van der Waals surface area contributed by atoms with E-state index in [1.807, 2.05) is 6.07 Å². The van der Waals surface area contributed by atoms with Crippen molar-refractivity contribution >= 4 is 29.2 Å². The fourth-order valence-electron chi connectivity index (χ4n) is 1.80. The van der Waals surface area contributed by atoms with Crippen LogP contribution in [0.1, 0.15) is 31.7 Å². The molecular weight excluding hydrogens is 313 g/mol. The summed E-state index contributed by atoms with van der Waals surface area (Å²) in [6, 6.07) is 3.49. The predicted molar refractivity (Wildman–Crippen MR) is 85.2 cm³/mol. The van der Waals surface area contributed by atoms with E-state index in [4.69, 9.17) is 27.9 Å². The van der Waals surface area contributed by atoms with Gasteiger partial charge in [0.25, 0.3) is 0 Å². The molecule has 0 radical (unpaired) electrons. The Kier molecular flexibility index (Phi) is 8.50. The summed E-state index contributed by atoms with van der Waals surface area (Å²) in [6.45, 7) is 4.05. The number of halogens is 2. The van der Waals surface area contributed by atoms with E-state index in [0.29, 0.717) is 41.8 Å². The average molecular weight is 334 g/mol. The molecule has 6 heteroatoms. The van der Waals surface area contributed by atoms with Gasteiger partial charge in [0.05, 0.1) is 18.7 Å². The number of methoxy groups -OCH3 is 1. The first-order valence-electron chi connectivity index (χ1n) is 6.96. The highest BCUT2D eigenvalue weighted by molar-refractivity contribution is 6.35. The van der Waals surface area contributed by atoms with E-state index < -0.39 is 0 Å². The van der Waals surface area contributed by atoms with Crippen LogP contribution in [-0.4, -0.2) is 26.2 Å². The molecule has 0 fully saturated rings. The Balaban J connectivity index is 2.63. The second kappa shape index (κ2) is 9.87. The minimum absolute atomic E-state index is 0.245. The van der Waals surface area contributed by atoms with Crippen molar-refractivity contribution in [1.29, 1.82) is 0 Å². The Morgan fingerprint density at radius 1 is 1.33 bits per heavy atom. The molecule has 0 unspecified atom stereocenters. The normalized spacial score (nSPS) is 10.5. The third-order valence-electron chi connectivity index (χ3n) is 2.83. The van der Waals surface area contributed by atoms with Crippen molar-refractivity contribution in [2.24, 2.45) is 0 Å². The quantitative estimate of drug-likeness (QED) is 0.551. The third kappa shape index (κ3) is 6.55. The van der Waals surface area contributed by atoms with Gasteiger partial charge in [0, 0.05) is 23.6 Å². The molecule has 0 saturated heterocycles. The minimum Gasteiger partial charge on any atom is -0.492 e. The molecule has 4 nitrogen and oxygen atoms in total. The van der Waals surface area contributed by atoms with E-state index in [-0.39, 0.29) is 5.97 Å². The Labute approximate surface area is 135 Å². The lowest BCUT2D eigenvalue weighted by molar-refractivity contribution is -0.140. The molecular formula is C15H21Cl2NO3. The molecule has 0 amide bonds. The maximum absolute atomic E-state index is 11.0. The van der Waals surface area contributed by atoms with Crippen molar-refractivity contribution in [2.75, 3.05) is 20.3 Å². The molecule has 21 heavy (non-hydrogen) atoms. The number of ether oxygens (including phenoxy) is 2. The molecule has 118 valence electrons. The van der Waals surface area contributed by atoms with Gasteiger partial charge in [-0.2, -0.15) is 0 Å². The minimum atomic E-state index is -0.245. The highest BCUT2D eigenvalue weighted by Crippen LogP contribution is 2.32. The molecule has 0 atom stereocenters. The van der Waals surface area contributed by atoms with Crippen LogP contribution in [0.3, 0.4) is 0 Å². The van der Waals surface area contributed by atoms with Gasteiger partial charge in [-0.15, -0.1) is 0 Å². The van der Waals surface area contributed by atoms with Crippen molar-refractivity contribution in [1.82, 2.24) is 5.32 Å². The van der Waals surface area contributed by atoms with Crippen LogP contribution >= 0.6 is 23.2 Å². The zero-order valence-electron chi connectivity index (χ0n) is 12.4. The van der Waals surface area contributed by atoms with Gasteiger partial charge < -0.3 is 14.8 Å². The second-order valence-electron chi connectivity index (χ2n) is 4.58. The summed E-state index contributed by atoms with van der Waals surface area (Å²) >= 11 is 12.2. The van der Waals surface area contributed by atoms with Crippen LogP contribution in [-0.2, 0) is 16.1 Å². The molecule has 1 rings (SSSR count). The number of esters is 1. The summed E-state index contributed by atoms with van der Waals surface area (Å²) in [5, 5.41) is 4.35. The number of carbonyl (C=O) groups is 1. The molecule has 0 aliphatic carbocycles. The first kappa shape index (κ1) is 18.1. The molecule has 0 saturated carbocycles. The lowest BCUT2D eigenvalue weighted by Gasteiger charge is -2.14. The van der Waals surface area contributed by atoms with Crippen LogP contribution in [0, 0.1) is 0 Å². The van der Waals surface area contributed by atoms with Gasteiger partial charge in [-0.1, -0.05) is 30.1 Å². The molecule has 0 aliphatic heterocycles. The largest absolute Gasteiger partial charge is 0.492 e. The van der Waals surface area contributed by atoms with Gasteiger partial charge in [0.1, 0.15) is 5.75 Å². The topological polar surface area (TPSA) is 47.6 Å². The second-order valence-corrected chi connectivity index (χ2v) is 5.42. The monoisotopic (exact) mass is 333 g/mol. The number of nitrogens with one attached hydrogen (secondary N) is 1. The van der Waals surface area contributed by atoms with E-state index in [1.165, 1.54) is 7.11 Å². The van der Waals surface area contributed by atoms with Crippen molar-refractivity contribution in [3.8, 4) is 5.75 Å². The van der Waals surface area contributed by atoms with Crippen LogP contribution in [0.5, 0.6) is 5.75 Å². The van der Waals surface area contributed by atoms with Gasteiger partial charge in [-0.3, -0.25) is 4.79 Å². The van der Waals surface area contributed by atoms with E-state index in [1.54, 1.807) is 6.07 Å². The third-order valence-corrected chi connectivity index (χ3v) is 3.33. The molecule has 1 aromatic carbocycles. The maximum atomic E-state index is 11.0. The summed E-state index contributed by atoms with van der Waals surface area (Å²) in [6.07, 6.45) is 1.95. The lowest BCUT2D eigenvalue weighted by atomic mass is 10.2. The summed E-state index contributed by atoms with van der Waals surface area (Å²) in [5.41, 5.74) is 0.916. The smallest absolute Gasteiger partial charge is 0.305 e. The highest BCUT2D eigenvalue weighted by Gasteiger charge is 2.11. The van der Waals surface area contributed by atoms with Gasteiger partial charge in [0.15, 0.2) is 0 Å². The van der Waals surface area contributed by atoms with Gasteiger partial charge in [0.2, 0.25) is 0 Å². The SMILES string of the molecule is CCCNCc1cc(Cl)cc(Cl)c1OCCCC(=O)OC. The van der Waals surface area contributed by atoms with Crippen molar-refractivity contribution in [3.63, 3.8) is 0 Å². The molecule has 0 bridgehead atoms. The molecule has 1 N–H and O–H groups in total. The van der Waals surface area contributed by atoms with Crippen molar-refractivity contribution < 1.29 is 14.3 Å². The lowest BCUT2D eigenvalue weighted by Crippen LogP contribution is -2.15. The summed E-state index contributed by atoms with van der Waals surface area (Å²) in [5.74, 6) is 0.375. The maximum Gasteiger partial charge on any atom is 0.305 e. The van der Waals surface area contributed by atoms with E-state index >= 15 is 0 Å². The molecule has 0 aliphatic rings. The molecule has 0 spiro atoms. The van der Waals surface area contributed by atoms with Gasteiger partial charge >= 0.3 is 5.97 Å². The number of carbonyl (C=O) groups excluding carboxylic acids is 1. The van der Waals surface area contributed by atoms with Crippen LogP contribution in [0.2, 0.25) is 10.0 Å². The van der Waals surface area contributed by atoms with Crippen LogP contribution < -0.4 is 10.1 Å². The standard InChI is InChI=1S/C15H21Cl2NO3/c1-3-6-18-10-11-8-12(16)9-13(17)15(11)21-7-4-5-14(19)20-2/h8-9,18H,3-7,10H2,1-2H3. The Morgan fingerprint density at radius 3 is 2.76 bits per heavy atom. The van der Waals surface area contributed by atoms with Crippen molar-refractivity contribution in [2.45, 2.75) is 32.7 Å². The van der Waals surface area contributed by atoms with E-state index in [9.17, 15) is 4.79 Å². The summed E-state index contributed by atoms with van der Waals surface area (Å²) in [4.78, 5) is 11.0. The molecule has 0 aromatic heterocycles. The summed E-state index contributed by atoms with van der Waals surface area (Å²) < 4.78 is 10.3. The van der Waals surface area contributed by atoms with E-state index in [2.05, 4.69) is 17.0 Å². The first-order chi connectivity index (χ1) is 10.1. The van der Waals surface area contributed by atoms with Crippen molar-refractivity contribution in [3.05, 3.63) is 27.7 Å². The number of hydrogen-bond donors (Lipinski definition) is 1. The number of hydrogen-bond acceptors (Lipinski definition) is 4. The van der Waals surface area contributed by atoms with E-state index in [0.717, 1.165) is 18.5 Å². The van der Waals surface area contributed by atoms with Crippen LogP contribution in [0.15, 0.2) is 12.1 Å². The Bertz CT molecular complexity index is 466. The Hall–Kier alpha value is -0.970. The fraction of sp³-hybridized carbons (Fsp3) is 0.533. The molecule has 0 heterocycles. The number of benzene rings is 1. The van der Waals surface area contributed by atoms with Gasteiger partial charge in [-0.05, 0) is 31.5 Å². The Morgan fingerprint density at radius 2 is 2.10 bits per heavy atom. The highest BCUT2D eigenvalue weighted by atomic mass is 35.5. The fourth-order valence-corrected chi connectivity index (χ4v) is 2.39.